The quantitative estimate of drug-likeness (QED) is 0.798. The van der Waals surface area contributed by atoms with Crippen LogP contribution in [-0.4, -0.2) is 23.8 Å². The number of benzene rings is 2. The zero-order valence-electron chi connectivity index (χ0n) is 11.5. The Bertz CT molecular complexity index is 682. The normalized spacial score (nSPS) is 14.8. The van der Waals surface area contributed by atoms with Gasteiger partial charge < -0.3 is 0 Å². The van der Waals surface area contributed by atoms with Crippen molar-refractivity contribution in [2.24, 2.45) is 0 Å². The van der Waals surface area contributed by atoms with Crippen LogP contribution in [0.4, 0.5) is 4.39 Å². The maximum atomic E-state index is 13.8. The summed E-state index contributed by atoms with van der Waals surface area (Å²) in [7, 11) is 0. The Morgan fingerprint density at radius 3 is 2.67 bits per heavy atom. The number of rotatable bonds is 4. The lowest BCUT2D eigenvalue weighted by atomic mass is 10.0. The molecule has 1 aliphatic heterocycles. The van der Waals surface area contributed by atoms with Crippen molar-refractivity contribution in [3.8, 4) is 0 Å². The van der Waals surface area contributed by atoms with Crippen LogP contribution in [0.25, 0.3) is 0 Å². The number of ketones is 1. The summed E-state index contributed by atoms with van der Waals surface area (Å²) in [6.07, 6.45) is 1.23. The SMILES string of the molecule is O=C(c1cccc(CN2CCC2)c1)c1ccc(Cl)cc1F. The van der Waals surface area contributed by atoms with Gasteiger partial charge in [0.25, 0.3) is 0 Å². The molecule has 2 aromatic carbocycles. The molecule has 0 amide bonds. The number of likely N-dealkylation sites (tertiary alicyclic amines) is 1. The van der Waals surface area contributed by atoms with Crippen LogP contribution in [0.5, 0.6) is 0 Å². The van der Waals surface area contributed by atoms with Crippen molar-refractivity contribution < 1.29 is 9.18 Å². The van der Waals surface area contributed by atoms with Gasteiger partial charge in [-0.25, -0.2) is 4.39 Å². The van der Waals surface area contributed by atoms with Crippen LogP contribution in [0.15, 0.2) is 42.5 Å². The Hall–Kier alpha value is -1.71. The summed E-state index contributed by atoms with van der Waals surface area (Å²) in [5, 5.41) is 0.288. The lowest BCUT2D eigenvalue weighted by Crippen LogP contribution is -2.36. The highest BCUT2D eigenvalue weighted by atomic mass is 35.5. The van der Waals surface area contributed by atoms with E-state index in [4.69, 9.17) is 11.6 Å². The Kier molecular flexibility index (Phi) is 4.04. The molecule has 0 bridgehead atoms. The van der Waals surface area contributed by atoms with Gasteiger partial charge in [0.2, 0.25) is 0 Å². The first-order chi connectivity index (χ1) is 10.1. The van der Waals surface area contributed by atoms with E-state index in [0.29, 0.717) is 5.56 Å². The van der Waals surface area contributed by atoms with Crippen molar-refractivity contribution in [2.45, 2.75) is 13.0 Å². The standard InChI is InChI=1S/C17H15ClFNO/c18-14-5-6-15(16(19)10-14)17(21)13-4-1-3-12(9-13)11-20-7-2-8-20/h1,3-6,9-10H,2,7-8,11H2. The summed E-state index contributed by atoms with van der Waals surface area (Å²) in [6, 6.07) is 11.5. The van der Waals surface area contributed by atoms with Crippen molar-refractivity contribution in [3.63, 3.8) is 0 Å². The third-order valence-corrected chi connectivity index (χ3v) is 3.95. The zero-order valence-corrected chi connectivity index (χ0v) is 12.2. The van der Waals surface area contributed by atoms with E-state index in [-0.39, 0.29) is 16.4 Å². The highest BCUT2D eigenvalue weighted by molar-refractivity contribution is 6.30. The van der Waals surface area contributed by atoms with E-state index in [1.165, 1.54) is 24.6 Å². The van der Waals surface area contributed by atoms with Crippen molar-refractivity contribution in [3.05, 3.63) is 70.0 Å². The van der Waals surface area contributed by atoms with Crippen LogP contribution in [-0.2, 0) is 6.54 Å². The van der Waals surface area contributed by atoms with E-state index in [0.717, 1.165) is 25.2 Å². The van der Waals surface area contributed by atoms with Gasteiger partial charge in [0.1, 0.15) is 5.82 Å². The van der Waals surface area contributed by atoms with Gasteiger partial charge in [-0.15, -0.1) is 0 Å². The van der Waals surface area contributed by atoms with Crippen molar-refractivity contribution in [1.29, 1.82) is 0 Å². The van der Waals surface area contributed by atoms with Gasteiger partial charge in [-0.3, -0.25) is 9.69 Å². The Morgan fingerprint density at radius 1 is 1.19 bits per heavy atom. The van der Waals surface area contributed by atoms with E-state index < -0.39 is 5.82 Å². The summed E-state index contributed by atoms with van der Waals surface area (Å²) >= 11 is 5.72. The molecule has 0 N–H and O–H groups in total. The number of carbonyl (C=O) groups excluding carboxylic acids is 1. The number of hydrogen-bond donors (Lipinski definition) is 0. The predicted molar refractivity (Wildman–Crippen MR) is 81.2 cm³/mol. The molecule has 0 atom stereocenters. The fourth-order valence-electron chi connectivity index (χ4n) is 2.44. The van der Waals surface area contributed by atoms with E-state index in [2.05, 4.69) is 4.90 Å². The first-order valence-electron chi connectivity index (χ1n) is 6.94. The average molecular weight is 304 g/mol. The lowest BCUT2D eigenvalue weighted by molar-refractivity contribution is 0.103. The molecule has 0 spiro atoms. The molecule has 108 valence electrons. The number of carbonyl (C=O) groups is 1. The Labute approximate surface area is 128 Å². The molecule has 21 heavy (non-hydrogen) atoms. The summed E-state index contributed by atoms with van der Waals surface area (Å²) < 4.78 is 13.8. The van der Waals surface area contributed by atoms with Gasteiger partial charge in [-0.05, 0) is 49.3 Å². The molecule has 0 saturated carbocycles. The van der Waals surface area contributed by atoms with Crippen LogP contribution in [0.3, 0.4) is 0 Å². The van der Waals surface area contributed by atoms with E-state index >= 15 is 0 Å². The van der Waals surface area contributed by atoms with E-state index in [1.54, 1.807) is 6.07 Å². The number of hydrogen-bond acceptors (Lipinski definition) is 2. The van der Waals surface area contributed by atoms with Crippen LogP contribution < -0.4 is 0 Å². The lowest BCUT2D eigenvalue weighted by Gasteiger charge is -2.30. The Morgan fingerprint density at radius 2 is 2.00 bits per heavy atom. The minimum atomic E-state index is -0.583. The third kappa shape index (κ3) is 3.14. The molecule has 1 aliphatic rings. The Balaban J connectivity index is 1.85. The molecule has 4 heteroatoms. The maximum absolute atomic E-state index is 13.8. The van der Waals surface area contributed by atoms with Gasteiger partial charge in [0, 0.05) is 17.1 Å². The van der Waals surface area contributed by atoms with Crippen molar-refractivity contribution >= 4 is 17.4 Å². The van der Waals surface area contributed by atoms with E-state index in [9.17, 15) is 9.18 Å². The second kappa shape index (κ2) is 5.96. The predicted octanol–water partition coefficient (Wildman–Crippen LogP) is 3.92. The topological polar surface area (TPSA) is 20.3 Å². The van der Waals surface area contributed by atoms with Gasteiger partial charge in [-0.1, -0.05) is 29.8 Å². The largest absolute Gasteiger partial charge is 0.299 e. The molecule has 3 rings (SSSR count). The molecule has 1 saturated heterocycles. The number of halogens is 2. The highest BCUT2D eigenvalue weighted by Crippen LogP contribution is 2.20. The monoisotopic (exact) mass is 303 g/mol. The molecule has 0 aromatic heterocycles. The molecule has 0 unspecified atom stereocenters. The van der Waals surface area contributed by atoms with Crippen molar-refractivity contribution in [1.82, 2.24) is 4.90 Å². The van der Waals surface area contributed by atoms with Gasteiger partial charge in [-0.2, -0.15) is 0 Å². The van der Waals surface area contributed by atoms with Crippen molar-refractivity contribution in [2.75, 3.05) is 13.1 Å². The van der Waals surface area contributed by atoms with E-state index in [1.807, 2.05) is 18.2 Å². The third-order valence-electron chi connectivity index (χ3n) is 3.72. The smallest absolute Gasteiger partial charge is 0.195 e. The van der Waals surface area contributed by atoms with Gasteiger partial charge in [0.15, 0.2) is 5.78 Å². The summed E-state index contributed by atoms with van der Waals surface area (Å²) in [5.74, 6) is -0.893. The second-order valence-corrected chi connectivity index (χ2v) is 5.72. The van der Waals surface area contributed by atoms with Crippen LogP contribution >= 0.6 is 11.6 Å². The first kappa shape index (κ1) is 14.2. The first-order valence-corrected chi connectivity index (χ1v) is 7.32. The zero-order chi connectivity index (χ0) is 14.8. The molecule has 0 radical (unpaired) electrons. The molecular formula is C17H15ClFNO. The molecule has 0 aliphatic carbocycles. The second-order valence-electron chi connectivity index (χ2n) is 5.28. The molecule has 2 aromatic rings. The van der Waals surface area contributed by atoms with Gasteiger partial charge in [0.05, 0.1) is 5.56 Å². The fraction of sp³-hybridized carbons (Fsp3) is 0.235. The highest BCUT2D eigenvalue weighted by Gasteiger charge is 2.17. The van der Waals surface area contributed by atoms with Crippen LogP contribution in [0.1, 0.15) is 27.9 Å². The number of nitrogens with zero attached hydrogens (tertiary/aromatic N) is 1. The summed E-state index contributed by atoms with van der Waals surface area (Å²) in [5.41, 5.74) is 1.64. The molecular weight excluding hydrogens is 289 g/mol. The molecule has 2 nitrogen and oxygen atoms in total. The summed E-state index contributed by atoms with van der Waals surface area (Å²) in [4.78, 5) is 14.7. The molecule has 1 fully saturated rings. The fourth-order valence-corrected chi connectivity index (χ4v) is 2.60. The maximum Gasteiger partial charge on any atom is 0.195 e. The minimum absolute atomic E-state index is 0.0560. The van der Waals surface area contributed by atoms with Crippen LogP contribution in [0.2, 0.25) is 5.02 Å². The molecule has 1 heterocycles. The summed E-state index contributed by atoms with van der Waals surface area (Å²) in [6.45, 7) is 3.04. The van der Waals surface area contributed by atoms with Crippen LogP contribution in [0, 0.1) is 5.82 Å². The minimum Gasteiger partial charge on any atom is -0.299 e. The van der Waals surface area contributed by atoms with Gasteiger partial charge >= 0.3 is 0 Å². The average Bonchev–Trinajstić information content (AvgIpc) is 2.43.